The van der Waals surface area contributed by atoms with Crippen molar-refractivity contribution in [2.24, 2.45) is 0 Å². The third-order valence-corrected chi connectivity index (χ3v) is 4.80. The van der Waals surface area contributed by atoms with E-state index in [1.807, 2.05) is 30.3 Å². The lowest BCUT2D eigenvalue weighted by Gasteiger charge is -2.15. The van der Waals surface area contributed by atoms with Crippen molar-refractivity contribution in [3.05, 3.63) is 54.3 Å². The fourth-order valence-corrected chi connectivity index (χ4v) is 3.34. The zero-order valence-electron chi connectivity index (χ0n) is 17.0. The van der Waals surface area contributed by atoms with E-state index in [1.165, 1.54) is 13.2 Å². The van der Waals surface area contributed by atoms with E-state index in [4.69, 9.17) is 23.4 Å². The van der Waals surface area contributed by atoms with Crippen molar-refractivity contribution in [2.75, 3.05) is 28.4 Å². The first-order chi connectivity index (χ1) is 14.6. The molecule has 1 aromatic heterocycles. The van der Waals surface area contributed by atoms with Crippen LogP contribution in [0, 0.1) is 5.82 Å². The van der Waals surface area contributed by atoms with Crippen molar-refractivity contribution in [1.29, 1.82) is 0 Å². The highest BCUT2D eigenvalue weighted by Gasteiger charge is 2.18. The molecule has 0 saturated heterocycles. The normalized spacial score (nSPS) is 10.8. The molecule has 0 spiro atoms. The minimum Gasteiger partial charge on any atom is -0.494 e. The van der Waals surface area contributed by atoms with E-state index < -0.39 is 5.82 Å². The molecule has 6 nitrogen and oxygen atoms in total. The summed E-state index contributed by atoms with van der Waals surface area (Å²) in [6.07, 6.45) is 0. The molecule has 0 saturated carbocycles. The van der Waals surface area contributed by atoms with Gasteiger partial charge in [0, 0.05) is 11.1 Å². The third-order valence-electron chi connectivity index (χ3n) is 4.80. The van der Waals surface area contributed by atoms with Crippen molar-refractivity contribution >= 4 is 11.1 Å². The Bertz CT molecular complexity index is 1220. The van der Waals surface area contributed by atoms with Crippen LogP contribution in [0.4, 0.5) is 4.39 Å². The molecule has 0 aliphatic carbocycles. The number of hydrogen-bond donors (Lipinski definition) is 0. The van der Waals surface area contributed by atoms with Crippen LogP contribution in [-0.4, -0.2) is 33.4 Å². The average molecular weight is 409 g/mol. The summed E-state index contributed by atoms with van der Waals surface area (Å²) in [5.74, 6) is 1.70. The van der Waals surface area contributed by atoms with E-state index in [1.54, 1.807) is 33.5 Å². The smallest absolute Gasteiger partial charge is 0.227 e. The van der Waals surface area contributed by atoms with E-state index in [-0.39, 0.29) is 5.75 Å². The first-order valence-electron chi connectivity index (χ1n) is 9.13. The number of halogens is 1. The molecule has 0 amide bonds. The Morgan fingerprint density at radius 2 is 1.47 bits per heavy atom. The lowest BCUT2D eigenvalue weighted by Crippen LogP contribution is -1.96. The van der Waals surface area contributed by atoms with Gasteiger partial charge < -0.3 is 23.4 Å². The maximum absolute atomic E-state index is 13.7. The Kier molecular flexibility index (Phi) is 5.18. The van der Waals surface area contributed by atoms with Crippen LogP contribution in [0.15, 0.2) is 52.9 Å². The van der Waals surface area contributed by atoms with E-state index >= 15 is 0 Å². The largest absolute Gasteiger partial charge is 0.494 e. The molecular formula is C23H20FNO5. The second-order valence-corrected chi connectivity index (χ2v) is 6.43. The minimum absolute atomic E-state index is 0.130. The summed E-state index contributed by atoms with van der Waals surface area (Å²) < 4.78 is 41.1. The van der Waals surface area contributed by atoms with Gasteiger partial charge in [0.2, 0.25) is 11.6 Å². The summed E-state index contributed by atoms with van der Waals surface area (Å²) in [5, 5.41) is 0. The second kappa shape index (κ2) is 7.94. The average Bonchev–Trinajstić information content (AvgIpc) is 3.21. The number of hydrogen-bond acceptors (Lipinski definition) is 6. The van der Waals surface area contributed by atoms with Crippen LogP contribution in [-0.2, 0) is 0 Å². The van der Waals surface area contributed by atoms with Crippen LogP contribution < -0.4 is 18.9 Å². The van der Waals surface area contributed by atoms with E-state index in [0.29, 0.717) is 39.8 Å². The van der Waals surface area contributed by atoms with Crippen LogP contribution in [0.2, 0.25) is 0 Å². The Morgan fingerprint density at radius 3 is 2.17 bits per heavy atom. The van der Waals surface area contributed by atoms with E-state index in [2.05, 4.69) is 4.98 Å². The van der Waals surface area contributed by atoms with Crippen LogP contribution in [0.5, 0.6) is 23.0 Å². The molecule has 0 atom stereocenters. The fourth-order valence-electron chi connectivity index (χ4n) is 3.34. The molecular weight excluding hydrogens is 389 g/mol. The number of fused-ring (bicyclic) bond motifs is 1. The first kappa shape index (κ1) is 19.6. The predicted molar refractivity (Wildman–Crippen MR) is 111 cm³/mol. The van der Waals surface area contributed by atoms with Crippen molar-refractivity contribution in [2.45, 2.75) is 0 Å². The molecule has 0 unspecified atom stereocenters. The summed E-state index contributed by atoms with van der Waals surface area (Å²) in [7, 11) is 6.13. The fraction of sp³-hybridized carbons (Fsp3) is 0.174. The standard InChI is InChI=1S/C23H20FNO5/c1-26-18-10-7-15(21(28-3)22(18)29-4)13-6-9-17-20(11-13)30-23(25-17)14-5-8-16(24)19(12-14)27-2/h5-12H,1-4H3. The molecule has 0 aliphatic heterocycles. The number of rotatable bonds is 6. The van der Waals surface area contributed by atoms with Gasteiger partial charge in [0.25, 0.3) is 0 Å². The maximum atomic E-state index is 13.7. The van der Waals surface area contributed by atoms with Gasteiger partial charge >= 0.3 is 0 Å². The van der Waals surface area contributed by atoms with Crippen LogP contribution >= 0.6 is 0 Å². The Balaban J connectivity index is 1.80. The van der Waals surface area contributed by atoms with Gasteiger partial charge in [0.1, 0.15) is 5.52 Å². The van der Waals surface area contributed by atoms with Crippen LogP contribution in [0.3, 0.4) is 0 Å². The maximum Gasteiger partial charge on any atom is 0.227 e. The first-order valence-corrected chi connectivity index (χ1v) is 9.13. The van der Waals surface area contributed by atoms with Crippen molar-refractivity contribution in [1.82, 2.24) is 4.98 Å². The van der Waals surface area contributed by atoms with Crippen LogP contribution in [0.1, 0.15) is 0 Å². The van der Waals surface area contributed by atoms with Gasteiger partial charge in [-0.05, 0) is 48.0 Å². The van der Waals surface area contributed by atoms with Gasteiger partial charge in [-0.15, -0.1) is 0 Å². The lowest BCUT2D eigenvalue weighted by molar-refractivity contribution is 0.325. The highest BCUT2D eigenvalue weighted by molar-refractivity contribution is 5.85. The van der Waals surface area contributed by atoms with Crippen molar-refractivity contribution in [3.8, 4) is 45.6 Å². The molecule has 0 N–H and O–H groups in total. The number of ether oxygens (including phenoxy) is 4. The van der Waals surface area contributed by atoms with Gasteiger partial charge in [-0.3, -0.25) is 0 Å². The van der Waals surface area contributed by atoms with Crippen LogP contribution in [0.25, 0.3) is 33.7 Å². The number of methoxy groups -OCH3 is 4. The SMILES string of the molecule is COc1cc(-c2nc3ccc(-c4ccc(OC)c(OC)c4OC)cc3o2)ccc1F. The molecule has 0 aliphatic rings. The Morgan fingerprint density at radius 1 is 0.733 bits per heavy atom. The summed E-state index contributed by atoms with van der Waals surface area (Å²) in [6, 6.07) is 13.8. The van der Waals surface area contributed by atoms with Crippen molar-refractivity contribution < 1.29 is 27.8 Å². The van der Waals surface area contributed by atoms with Gasteiger partial charge in [-0.1, -0.05) is 6.07 Å². The van der Waals surface area contributed by atoms with Gasteiger partial charge in [0.05, 0.1) is 28.4 Å². The second-order valence-electron chi connectivity index (χ2n) is 6.43. The summed E-state index contributed by atoms with van der Waals surface area (Å²) >= 11 is 0. The molecule has 0 bridgehead atoms. The molecule has 30 heavy (non-hydrogen) atoms. The predicted octanol–water partition coefficient (Wildman–Crippen LogP) is 5.34. The minimum atomic E-state index is -0.444. The highest BCUT2D eigenvalue weighted by atomic mass is 19.1. The molecule has 154 valence electrons. The van der Waals surface area contributed by atoms with E-state index in [0.717, 1.165) is 11.1 Å². The number of oxazole rings is 1. The molecule has 0 fully saturated rings. The van der Waals surface area contributed by atoms with Gasteiger partial charge in [-0.25, -0.2) is 9.37 Å². The molecule has 1 heterocycles. The molecule has 0 radical (unpaired) electrons. The molecule has 3 aromatic carbocycles. The highest BCUT2D eigenvalue weighted by Crippen LogP contribution is 2.44. The van der Waals surface area contributed by atoms with E-state index in [9.17, 15) is 4.39 Å². The number of nitrogens with zero attached hydrogens (tertiary/aromatic N) is 1. The Hall–Kier alpha value is -3.74. The molecule has 4 aromatic rings. The summed E-state index contributed by atoms with van der Waals surface area (Å²) in [4.78, 5) is 4.51. The van der Waals surface area contributed by atoms with Crippen molar-refractivity contribution in [3.63, 3.8) is 0 Å². The summed E-state index contributed by atoms with van der Waals surface area (Å²) in [5.41, 5.74) is 3.56. The third kappa shape index (κ3) is 3.28. The Labute approximate surface area is 172 Å². The zero-order valence-corrected chi connectivity index (χ0v) is 17.0. The number of aromatic nitrogens is 1. The topological polar surface area (TPSA) is 63.0 Å². The lowest BCUT2D eigenvalue weighted by atomic mass is 10.0. The molecule has 4 rings (SSSR count). The number of benzene rings is 3. The molecule has 7 heteroatoms. The summed E-state index contributed by atoms with van der Waals surface area (Å²) in [6.45, 7) is 0. The van der Waals surface area contributed by atoms with Gasteiger partial charge in [-0.2, -0.15) is 0 Å². The quantitative estimate of drug-likeness (QED) is 0.429. The monoisotopic (exact) mass is 409 g/mol. The van der Waals surface area contributed by atoms with Gasteiger partial charge in [0.15, 0.2) is 28.6 Å². The zero-order chi connectivity index (χ0) is 21.3.